The Morgan fingerprint density at radius 2 is 1.23 bits per heavy atom. The van der Waals surface area contributed by atoms with E-state index >= 15 is 0 Å². The number of esters is 3. The Morgan fingerprint density at radius 1 is 0.729 bits per heavy atom. The molecule has 0 radical (unpaired) electrons. The molecule has 0 spiro atoms. The second-order valence-electron chi connectivity index (χ2n) is 10.7. The van der Waals surface area contributed by atoms with Crippen molar-refractivity contribution in [3.05, 3.63) is 138 Å². The molecule has 248 valence electrons. The summed E-state index contributed by atoms with van der Waals surface area (Å²) in [7, 11) is -0.0905. The van der Waals surface area contributed by atoms with E-state index in [1.54, 1.807) is 136 Å². The molecule has 1 aliphatic heterocycles. The van der Waals surface area contributed by atoms with Crippen molar-refractivity contribution in [2.24, 2.45) is 4.99 Å². The Hall–Kier alpha value is -5.13. The first-order chi connectivity index (χ1) is 23.4. The van der Waals surface area contributed by atoms with Gasteiger partial charge in [-0.2, -0.15) is 0 Å². The fraction of sp³-hybridized carbons (Fsp3) is 0.243. The molecule has 0 bridgehead atoms. The van der Waals surface area contributed by atoms with Gasteiger partial charge in [0.1, 0.15) is 24.5 Å². The highest BCUT2D eigenvalue weighted by Gasteiger charge is 2.52. The summed E-state index contributed by atoms with van der Waals surface area (Å²) in [5.41, 5.74) is 0.346. The molecular weight excluding hydrogens is 634 g/mol. The molecule has 1 aliphatic rings. The van der Waals surface area contributed by atoms with Crippen LogP contribution >= 0.6 is 0 Å². The summed E-state index contributed by atoms with van der Waals surface area (Å²) in [6, 6.07) is 30.9. The number of nitrogens with zero attached hydrogens (tertiary/aromatic N) is 1. The standard InChI is InChI=1S/C37H35NO9S/c1-3-48(42)37-31(38-23-25-19-21-29(43-2)22-20-25)33(47-36(41)28-17-11-6-12-18-28)32(46-35(40)27-15-9-5-10-16-27)30(45-37)24-44-34(39)26-13-7-4-8-14-26/h4-23,30-33,37H,3,24H2,1-2H3/t30-,31-,32-,33-,37+,48-/m1/s1. The van der Waals surface area contributed by atoms with Crippen LogP contribution in [0.2, 0.25) is 0 Å². The van der Waals surface area contributed by atoms with Gasteiger partial charge in [-0.15, -0.1) is 0 Å². The third-order valence-electron chi connectivity index (χ3n) is 7.56. The van der Waals surface area contributed by atoms with Crippen LogP contribution in [0.4, 0.5) is 0 Å². The number of aliphatic imine (C=N–C) groups is 1. The quantitative estimate of drug-likeness (QED) is 0.112. The molecule has 0 aliphatic carbocycles. The van der Waals surface area contributed by atoms with Gasteiger partial charge in [-0.3, -0.25) is 9.20 Å². The molecule has 1 heterocycles. The first-order valence-electron chi connectivity index (χ1n) is 15.3. The summed E-state index contributed by atoms with van der Waals surface area (Å²) in [6.45, 7) is 1.33. The minimum atomic E-state index is -1.65. The Labute approximate surface area is 281 Å². The van der Waals surface area contributed by atoms with E-state index < -0.39 is 65.1 Å². The molecule has 0 amide bonds. The molecule has 0 unspecified atom stereocenters. The van der Waals surface area contributed by atoms with Crippen LogP contribution in [0.5, 0.6) is 5.75 Å². The number of rotatable bonds is 12. The van der Waals surface area contributed by atoms with E-state index in [4.69, 9.17) is 28.7 Å². The van der Waals surface area contributed by atoms with Gasteiger partial charge in [0, 0.05) is 12.0 Å². The van der Waals surface area contributed by atoms with Crippen LogP contribution in [0.25, 0.3) is 0 Å². The highest BCUT2D eigenvalue weighted by Crippen LogP contribution is 2.32. The van der Waals surface area contributed by atoms with Crippen LogP contribution < -0.4 is 4.74 Å². The molecule has 1 fully saturated rings. The number of benzene rings is 4. The molecule has 48 heavy (non-hydrogen) atoms. The summed E-state index contributed by atoms with van der Waals surface area (Å²) in [5.74, 6) is -1.25. The monoisotopic (exact) mass is 669 g/mol. The Bertz CT molecular complexity index is 1720. The van der Waals surface area contributed by atoms with E-state index in [0.29, 0.717) is 16.9 Å². The molecule has 0 saturated carbocycles. The van der Waals surface area contributed by atoms with Crippen LogP contribution in [0.1, 0.15) is 43.6 Å². The molecule has 4 aromatic carbocycles. The van der Waals surface area contributed by atoms with E-state index in [-0.39, 0.29) is 16.9 Å². The smallest absolute Gasteiger partial charge is 0.338 e. The van der Waals surface area contributed by atoms with Crippen molar-refractivity contribution in [1.82, 2.24) is 0 Å². The van der Waals surface area contributed by atoms with Crippen molar-refractivity contribution in [2.45, 2.75) is 36.7 Å². The molecule has 11 heteroatoms. The van der Waals surface area contributed by atoms with Crippen molar-refractivity contribution in [3.8, 4) is 5.75 Å². The van der Waals surface area contributed by atoms with Gasteiger partial charge in [0.2, 0.25) is 0 Å². The Balaban J connectivity index is 1.55. The molecule has 10 nitrogen and oxygen atoms in total. The first kappa shape index (κ1) is 34.2. The van der Waals surface area contributed by atoms with Gasteiger partial charge in [0.15, 0.2) is 17.6 Å². The summed E-state index contributed by atoms with van der Waals surface area (Å²) in [6.07, 6.45) is -2.25. The number of hydrogen-bond donors (Lipinski definition) is 0. The zero-order valence-electron chi connectivity index (χ0n) is 26.4. The lowest BCUT2D eigenvalue weighted by Crippen LogP contribution is -2.62. The largest absolute Gasteiger partial charge is 0.497 e. The van der Waals surface area contributed by atoms with Gasteiger partial charge in [-0.1, -0.05) is 61.5 Å². The Morgan fingerprint density at radius 3 is 1.73 bits per heavy atom. The van der Waals surface area contributed by atoms with E-state index in [2.05, 4.69) is 0 Å². The van der Waals surface area contributed by atoms with Crippen molar-refractivity contribution < 1.29 is 42.3 Å². The SMILES string of the molecule is CC[S@@](=O)[C@@H]1O[C@H](COC(=O)c2ccccc2)[C@@H](OC(=O)c2ccccc2)[C@H](OC(=O)c2ccccc2)[C@H]1N=Cc1ccc(OC)cc1. The van der Waals surface area contributed by atoms with Crippen LogP contribution in [0, 0.1) is 0 Å². The van der Waals surface area contributed by atoms with Crippen molar-refractivity contribution in [3.63, 3.8) is 0 Å². The van der Waals surface area contributed by atoms with E-state index in [9.17, 15) is 18.6 Å². The maximum absolute atomic E-state index is 13.6. The van der Waals surface area contributed by atoms with Crippen LogP contribution in [-0.4, -0.2) is 77.6 Å². The number of hydrogen-bond acceptors (Lipinski definition) is 10. The van der Waals surface area contributed by atoms with E-state index in [1.807, 2.05) is 0 Å². The van der Waals surface area contributed by atoms with Gasteiger partial charge in [0.25, 0.3) is 0 Å². The first-order valence-corrected chi connectivity index (χ1v) is 16.7. The lowest BCUT2D eigenvalue weighted by atomic mass is 9.97. The number of carbonyl (C=O) groups is 3. The second kappa shape index (κ2) is 16.6. The molecular formula is C37H35NO9S. The number of ether oxygens (including phenoxy) is 5. The normalized spacial score (nSPS) is 21.2. The summed E-state index contributed by atoms with van der Waals surface area (Å²) in [4.78, 5) is 44.8. The number of carbonyl (C=O) groups excluding carboxylic acids is 3. The van der Waals surface area contributed by atoms with Gasteiger partial charge >= 0.3 is 17.9 Å². The summed E-state index contributed by atoms with van der Waals surface area (Å²) < 4.78 is 42.9. The van der Waals surface area contributed by atoms with E-state index in [1.165, 1.54) is 0 Å². The highest BCUT2D eigenvalue weighted by molar-refractivity contribution is 7.85. The zero-order chi connectivity index (χ0) is 33.9. The van der Waals surface area contributed by atoms with Gasteiger partial charge in [0.05, 0.1) is 34.6 Å². The average Bonchev–Trinajstić information content (AvgIpc) is 3.14. The predicted molar refractivity (Wildman–Crippen MR) is 180 cm³/mol. The fourth-order valence-electron chi connectivity index (χ4n) is 5.05. The number of methoxy groups -OCH3 is 1. The molecule has 6 atom stereocenters. The predicted octanol–water partition coefficient (Wildman–Crippen LogP) is 5.28. The summed E-state index contributed by atoms with van der Waals surface area (Å²) in [5, 5.41) is 0. The molecule has 5 rings (SSSR count). The van der Waals surface area contributed by atoms with Gasteiger partial charge in [-0.05, 0) is 66.2 Å². The van der Waals surface area contributed by atoms with Gasteiger partial charge < -0.3 is 23.7 Å². The molecule has 1 saturated heterocycles. The molecule has 4 aromatic rings. The summed E-state index contributed by atoms with van der Waals surface area (Å²) >= 11 is 0. The van der Waals surface area contributed by atoms with Crippen LogP contribution in [0.3, 0.4) is 0 Å². The fourth-order valence-corrected chi connectivity index (χ4v) is 6.18. The maximum Gasteiger partial charge on any atom is 0.338 e. The van der Waals surface area contributed by atoms with Crippen molar-refractivity contribution in [1.29, 1.82) is 0 Å². The van der Waals surface area contributed by atoms with E-state index in [0.717, 1.165) is 0 Å². The lowest BCUT2D eigenvalue weighted by Gasteiger charge is -2.43. The topological polar surface area (TPSA) is 127 Å². The lowest BCUT2D eigenvalue weighted by molar-refractivity contribution is -0.170. The minimum absolute atomic E-state index is 0.184. The highest BCUT2D eigenvalue weighted by atomic mass is 32.2. The van der Waals surface area contributed by atoms with Crippen molar-refractivity contribution in [2.75, 3.05) is 19.5 Å². The average molecular weight is 670 g/mol. The molecule has 0 aromatic heterocycles. The minimum Gasteiger partial charge on any atom is -0.497 e. The molecule has 0 N–H and O–H groups in total. The van der Waals surface area contributed by atoms with Crippen LogP contribution in [-0.2, 0) is 29.7 Å². The third kappa shape index (κ3) is 8.61. The second-order valence-corrected chi connectivity index (χ2v) is 12.5. The Kier molecular flexibility index (Phi) is 11.8. The zero-order valence-corrected chi connectivity index (χ0v) is 27.2. The van der Waals surface area contributed by atoms with Crippen molar-refractivity contribution >= 4 is 34.9 Å². The van der Waals surface area contributed by atoms with Gasteiger partial charge in [-0.25, -0.2) is 14.4 Å². The van der Waals surface area contributed by atoms with Crippen LogP contribution in [0.15, 0.2) is 120 Å². The maximum atomic E-state index is 13.6. The third-order valence-corrected chi connectivity index (χ3v) is 9.04.